The van der Waals surface area contributed by atoms with E-state index in [9.17, 15) is 4.79 Å². The second kappa shape index (κ2) is 5.68. The first-order chi connectivity index (χ1) is 7.95. The Balaban J connectivity index is 3.16. The third-order valence-corrected chi connectivity index (χ3v) is 2.36. The molecule has 0 atom stereocenters. The van der Waals surface area contributed by atoms with Gasteiger partial charge in [-0.25, -0.2) is 4.79 Å². The van der Waals surface area contributed by atoms with Crippen molar-refractivity contribution in [2.75, 3.05) is 0 Å². The van der Waals surface area contributed by atoms with E-state index in [1.54, 1.807) is 6.07 Å². The number of carbonyl (C=O) groups excluding carboxylic acids is 1. The zero-order chi connectivity index (χ0) is 13.0. The topological polar surface area (TPSA) is 61.5 Å². The average molecular weight is 237 g/mol. The summed E-state index contributed by atoms with van der Waals surface area (Å²) in [5.74, 6) is 5.19. The van der Waals surface area contributed by atoms with Crippen LogP contribution in [-0.2, 0) is 4.84 Å². The van der Waals surface area contributed by atoms with Crippen molar-refractivity contribution in [2.24, 2.45) is 5.90 Å². The van der Waals surface area contributed by atoms with Crippen molar-refractivity contribution >= 4 is 5.97 Å². The van der Waals surface area contributed by atoms with E-state index in [4.69, 9.17) is 10.6 Å². The first kappa shape index (κ1) is 13.5. The summed E-state index contributed by atoms with van der Waals surface area (Å²) in [6.45, 7) is 7.96. The molecule has 0 heterocycles. The van der Waals surface area contributed by atoms with Crippen LogP contribution < -0.4 is 10.6 Å². The minimum atomic E-state index is -0.587. The third kappa shape index (κ3) is 3.46. The maximum Gasteiger partial charge on any atom is 0.360 e. The SMILES string of the molecule is CC(C)Oc1cc(C(C)C)ccc1C(=O)ON. The summed E-state index contributed by atoms with van der Waals surface area (Å²) < 4.78 is 5.60. The van der Waals surface area contributed by atoms with Crippen LogP contribution in [0.15, 0.2) is 18.2 Å². The summed E-state index contributed by atoms with van der Waals surface area (Å²) in [5.41, 5.74) is 1.46. The molecule has 0 aliphatic carbocycles. The van der Waals surface area contributed by atoms with Gasteiger partial charge >= 0.3 is 5.97 Å². The average Bonchev–Trinajstić information content (AvgIpc) is 2.27. The van der Waals surface area contributed by atoms with Gasteiger partial charge in [-0.2, -0.15) is 5.90 Å². The minimum Gasteiger partial charge on any atom is -0.490 e. The van der Waals surface area contributed by atoms with Crippen molar-refractivity contribution < 1.29 is 14.4 Å². The minimum absolute atomic E-state index is 0.0123. The lowest BCUT2D eigenvalue weighted by molar-refractivity contribution is 0.0497. The summed E-state index contributed by atoms with van der Waals surface area (Å²) in [7, 11) is 0. The number of hydrogen-bond acceptors (Lipinski definition) is 4. The number of rotatable bonds is 4. The Bertz CT molecular complexity index is 400. The molecule has 0 bridgehead atoms. The van der Waals surface area contributed by atoms with E-state index < -0.39 is 5.97 Å². The Morgan fingerprint density at radius 1 is 1.24 bits per heavy atom. The Hall–Kier alpha value is -1.55. The fourth-order valence-electron chi connectivity index (χ4n) is 1.48. The van der Waals surface area contributed by atoms with Crippen LogP contribution in [0.25, 0.3) is 0 Å². The van der Waals surface area contributed by atoms with Crippen LogP contribution in [0, 0.1) is 0 Å². The standard InChI is InChI=1S/C13H19NO3/c1-8(2)10-5-6-11(13(15)17-14)12(7-10)16-9(3)4/h5-9H,14H2,1-4H3. The number of hydrogen-bond donors (Lipinski definition) is 1. The molecule has 4 nitrogen and oxygen atoms in total. The lowest BCUT2D eigenvalue weighted by atomic mass is 10.0. The highest BCUT2D eigenvalue weighted by Crippen LogP contribution is 2.26. The maximum atomic E-state index is 11.5. The molecule has 0 fully saturated rings. The van der Waals surface area contributed by atoms with Gasteiger partial charge in [-0.3, -0.25) is 0 Å². The summed E-state index contributed by atoms with van der Waals surface area (Å²) in [5, 5.41) is 0. The Labute approximate surface area is 102 Å². The van der Waals surface area contributed by atoms with Gasteiger partial charge in [0.25, 0.3) is 0 Å². The number of benzene rings is 1. The zero-order valence-electron chi connectivity index (χ0n) is 10.7. The third-order valence-electron chi connectivity index (χ3n) is 2.36. The van der Waals surface area contributed by atoms with E-state index >= 15 is 0 Å². The van der Waals surface area contributed by atoms with E-state index in [1.165, 1.54) is 0 Å². The van der Waals surface area contributed by atoms with E-state index in [-0.39, 0.29) is 6.10 Å². The van der Waals surface area contributed by atoms with Gasteiger partial charge in [0, 0.05) is 0 Å². The van der Waals surface area contributed by atoms with E-state index in [0.717, 1.165) is 5.56 Å². The molecule has 0 saturated carbocycles. The summed E-state index contributed by atoms with van der Waals surface area (Å²) in [6, 6.07) is 5.42. The van der Waals surface area contributed by atoms with Crippen molar-refractivity contribution in [1.29, 1.82) is 0 Å². The first-order valence-corrected chi connectivity index (χ1v) is 5.67. The van der Waals surface area contributed by atoms with Crippen LogP contribution in [0.3, 0.4) is 0 Å². The van der Waals surface area contributed by atoms with Gasteiger partial charge in [0.05, 0.1) is 6.10 Å². The molecule has 0 radical (unpaired) electrons. The molecule has 0 aliphatic heterocycles. The second-order valence-electron chi connectivity index (χ2n) is 4.48. The Morgan fingerprint density at radius 2 is 1.88 bits per heavy atom. The lowest BCUT2D eigenvalue weighted by Gasteiger charge is -2.15. The summed E-state index contributed by atoms with van der Waals surface area (Å²) >= 11 is 0. The molecule has 17 heavy (non-hydrogen) atoms. The summed E-state index contributed by atoms with van der Waals surface area (Å²) in [6.07, 6.45) is -0.0123. The molecule has 4 heteroatoms. The highest BCUT2D eigenvalue weighted by atomic mass is 16.7. The monoisotopic (exact) mass is 237 g/mol. The van der Waals surface area contributed by atoms with Crippen LogP contribution in [0.4, 0.5) is 0 Å². The van der Waals surface area contributed by atoms with Crippen molar-refractivity contribution in [2.45, 2.75) is 39.7 Å². The molecule has 1 aromatic carbocycles. The molecule has 1 aromatic rings. The van der Waals surface area contributed by atoms with E-state index in [2.05, 4.69) is 18.7 Å². The molecule has 1 rings (SSSR count). The first-order valence-electron chi connectivity index (χ1n) is 5.67. The van der Waals surface area contributed by atoms with E-state index in [1.807, 2.05) is 26.0 Å². The van der Waals surface area contributed by atoms with Crippen LogP contribution >= 0.6 is 0 Å². The lowest BCUT2D eigenvalue weighted by Crippen LogP contribution is -2.14. The fourth-order valence-corrected chi connectivity index (χ4v) is 1.48. The molecule has 0 amide bonds. The molecule has 0 aliphatic rings. The van der Waals surface area contributed by atoms with Crippen molar-refractivity contribution in [3.8, 4) is 5.75 Å². The van der Waals surface area contributed by atoms with Gasteiger partial charge in [0.2, 0.25) is 0 Å². The van der Waals surface area contributed by atoms with Crippen molar-refractivity contribution in [3.05, 3.63) is 29.3 Å². The predicted molar refractivity (Wildman–Crippen MR) is 65.9 cm³/mol. The van der Waals surface area contributed by atoms with Gasteiger partial charge in [-0.15, -0.1) is 0 Å². The Morgan fingerprint density at radius 3 is 2.35 bits per heavy atom. The van der Waals surface area contributed by atoms with Gasteiger partial charge in [0.15, 0.2) is 0 Å². The normalized spacial score (nSPS) is 10.8. The molecule has 0 saturated heterocycles. The number of ether oxygens (including phenoxy) is 1. The summed E-state index contributed by atoms with van der Waals surface area (Å²) in [4.78, 5) is 15.7. The van der Waals surface area contributed by atoms with Gasteiger partial charge in [-0.1, -0.05) is 19.9 Å². The highest BCUT2D eigenvalue weighted by Gasteiger charge is 2.16. The number of carbonyl (C=O) groups is 1. The van der Waals surface area contributed by atoms with Crippen LogP contribution in [0.5, 0.6) is 5.75 Å². The molecule has 2 N–H and O–H groups in total. The molecule has 0 spiro atoms. The van der Waals surface area contributed by atoms with Crippen molar-refractivity contribution in [1.82, 2.24) is 0 Å². The Kier molecular flexibility index (Phi) is 4.52. The molecule has 0 unspecified atom stereocenters. The van der Waals surface area contributed by atoms with Gasteiger partial charge < -0.3 is 9.57 Å². The van der Waals surface area contributed by atoms with Crippen molar-refractivity contribution in [3.63, 3.8) is 0 Å². The van der Waals surface area contributed by atoms with Crippen LogP contribution in [0.1, 0.15) is 49.5 Å². The molecule has 94 valence electrons. The maximum absolute atomic E-state index is 11.5. The fraction of sp³-hybridized carbons (Fsp3) is 0.462. The molecular formula is C13H19NO3. The van der Waals surface area contributed by atoms with Crippen LogP contribution in [-0.4, -0.2) is 12.1 Å². The van der Waals surface area contributed by atoms with E-state index in [0.29, 0.717) is 17.2 Å². The quantitative estimate of drug-likeness (QED) is 0.818. The number of nitrogens with two attached hydrogens (primary N) is 1. The second-order valence-corrected chi connectivity index (χ2v) is 4.48. The van der Waals surface area contributed by atoms with Gasteiger partial charge in [-0.05, 0) is 37.5 Å². The smallest absolute Gasteiger partial charge is 0.360 e. The largest absolute Gasteiger partial charge is 0.490 e. The van der Waals surface area contributed by atoms with Gasteiger partial charge in [0.1, 0.15) is 11.3 Å². The predicted octanol–water partition coefficient (Wildman–Crippen LogP) is 2.63. The molecule has 0 aromatic heterocycles. The van der Waals surface area contributed by atoms with Crippen LogP contribution in [0.2, 0.25) is 0 Å². The molecular weight excluding hydrogens is 218 g/mol. The zero-order valence-corrected chi connectivity index (χ0v) is 10.7. The highest BCUT2D eigenvalue weighted by molar-refractivity contribution is 5.92.